The number of aryl methyl sites for hydroxylation is 1. The Morgan fingerprint density at radius 1 is 1.39 bits per heavy atom. The first-order chi connectivity index (χ1) is 8.65. The minimum Gasteiger partial charge on any atom is -0.422 e. The summed E-state index contributed by atoms with van der Waals surface area (Å²) >= 11 is 0. The highest BCUT2D eigenvalue weighted by Crippen LogP contribution is 2.33. The molecule has 0 saturated heterocycles. The van der Waals surface area contributed by atoms with Crippen LogP contribution in [0.5, 0.6) is 0 Å². The number of anilines is 1. The molecule has 0 spiro atoms. The quantitative estimate of drug-likeness (QED) is 0.829. The summed E-state index contributed by atoms with van der Waals surface area (Å²) in [6.07, 6.45) is 4.22. The molecule has 0 bridgehead atoms. The van der Waals surface area contributed by atoms with E-state index in [1.54, 1.807) is 6.33 Å². The van der Waals surface area contributed by atoms with Crippen molar-refractivity contribution in [2.24, 2.45) is 5.92 Å². The maximum absolute atomic E-state index is 5.47. The predicted molar refractivity (Wildman–Crippen MR) is 69.5 cm³/mol. The minimum atomic E-state index is 0.403. The average molecular weight is 246 g/mol. The van der Waals surface area contributed by atoms with Gasteiger partial charge in [-0.25, -0.2) is 9.97 Å². The Morgan fingerprint density at radius 2 is 2.17 bits per heavy atom. The zero-order valence-electron chi connectivity index (χ0n) is 11.1. The summed E-state index contributed by atoms with van der Waals surface area (Å²) < 4.78 is 5.47. The van der Waals surface area contributed by atoms with Crippen LogP contribution in [-0.4, -0.2) is 27.5 Å². The summed E-state index contributed by atoms with van der Waals surface area (Å²) in [4.78, 5) is 15.3. The topological polar surface area (TPSA) is 55.1 Å². The molecule has 1 fully saturated rings. The van der Waals surface area contributed by atoms with Crippen molar-refractivity contribution in [2.45, 2.75) is 39.7 Å². The lowest BCUT2D eigenvalue weighted by Crippen LogP contribution is -2.33. The molecule has 2 aromatic heterocycles. The van der Waals surface area contributed by atoms with E-state index in [2.05, 4.69) is 33.7 Å². The Kier molecular flexibility index (Phi) is 2.69. The van der Waals surface area contributed by atoms with E-state index in [0.29, 0.717) is 17.6 Å². The molecule has 1 aliphatic carbocycles. The third-order valence-electron chi connectivity index (χ3n) is 3.33. The van der Waals surface area contributed by atoms with Crippen LogP contribution in [0.3, 0.4) is 0 Å². The highest BCUT2D eigenvalue weighted by atomic mass is 16.4. The summed E-state index contributed by atoms with van der Waals surface area (Å²) in [6.45, 7) is 7.26. The second-order valence-electron chi connectivity index (χ2n) is 5.27. The fourth-order valence-corrected chi connectivity index (χ4v) is 2.18. The van der Waals surface area contributed by atoms with Gasteiger partial charge in [0.15, 0.2) is 17.2 Å². The van der Waals surface area contributed by atoms with E-state index < -0.39 is 0 Å². The third kappa shape index (κ3) is 2.05. The van der Waals surface area contributed by atoms with E-state index in [-0.39, 0.29) is 0 Å². The zero-order chi connectivity index (χ0) is 12.7. The van der Waals surface area contributed by atoms with Gasteiger partial charge in [-0.3, -0.25) is 0 Å². The Balaban J connectivity index is 2.03. The van der Waals surface area contributed by atoms with Crippen LogP contribution in [0.25, 0.3) is 11.2 Å². The van der Waals surface area contributed by atoms with Crippen LogP contribution in [-0.2, 0) is 0 Å². The van der Waals surface area contributed by atoms with Gasteiger partial charge < -0.3 is 9.32 Å². The van der Waals surface area contributed by atoms with Gasteiger partial charge in [0.2, 0.25) is 0 Å². The smallest absolute Gasteiger partial charge is 0.252 e. The molecule has 2 heterocycles. The monoisotopic (exact) mass is 246 g/mol. The van der Waals surface area contributed by atoms with Crippen molar-refractivity contribution >= 4 is 17.0 Å². The molecule has 0 aromatic carbocycles. The fraction of sp³-hybridized carbons (Fsp3) is 0.615. The summed E-state index contributed by atoms with van der Waals surface area (Å²) in [5.41, 5.74) is 1.36. The molecule has 0 atom stereocenters. The van der Waals surface area contributed by atoms with Crippen LogP contribution >= 0.6 is 0 Å². The van der Waals surface area contributed by atoms with Crippen LogP contribution in [0.4, 0.5) is 5.82 Å². The van der Waals surface area contributed by atoms with Crippen molar-refractivity contribution in [3.8, 4) is 0 Å². The lowest BCUT2D eigenvalue weighted by molar-refractivity contribution is 0.551. The lowest BCUT2D eigenvalue weighted by atomic mass is 10.2. The molecule has 96 valence electrons. The Hall–Kier alpha value is -1.65. The molecule has 5 heteroatoms. The van der Waals surface area contributed by atoms with E-state index in [9.17, 15) is 0 Å². The second kappa shape index (κ2) is 4.23. The molecule has 0 radical (unpaired) electrons. The van der Waals surface area contributed by atoms with Gasteiger partial charge in [-0.1, -0.05) is 0 Å². The Morgan fingerprint density at radius 3 is 2.83 bits per heavy atom. The van der Waals surface area contributed by atoms with Gasteiger partial charge in [0.05, 0.1) is 0 Å². The maximum Gasteiger partial charge on any atom is 0.252 e. The van der Waals surface area contributed by atoms with Crippen molar-refractivity contribution in [3.63, 3.8) is 0 Å². The Labute approximate surface area is 106 Å². The molecule has 0 unspecified atom stereocenters. The molecule has 2 aromatic rings. The SMILES string of the molecule is Cc1nc2c(N(CC3CC3)C(C)C)ncnc2o1. The van der Waals surface area contributed by atoms with E-state index in [1.165, 1.54) is 12.8 Å². The lowest BCUT2D eigenvalue weighted by Gasteiger charge is -2.27. The van der Waals surface area contributed by atoms with E-state index >= 15 is 0 Å². The summed E-state index contributed by atoms with van der Waals surface area (Å²) in [6, 6.07) is 0.403. The summed E-state index contributed by atoms with van der Waals surface area (Å²) in [7, 11) is 0. The number of hydrogen-bond acceptors (Lipinski definition) is 5. The molecular formula is C13H18N4O. The van der Waals surface area contributed by atoms with Gasteiger partial charge >= 0.3 is 0 Å². The van der Waals surface area contributed by atoms with Gasteiger partial charge in [0.1, 0.15) is 6.33 Å². The molecule has 3 rings (SSSR count). The number of hydrogen-bond donors (Lipinski definition) is 0. The molecule has 0 amide bonds. The highest BCUT2D eigenvalue weighted by Gasteiger charge is 2.28. The number of oxazole rings is 1. The van der Waals surface area contributed by atoms with Crippen molar-refractivity contribution in [1.29, 1.82) is 0 Å². The van der Waals surface area contributed by atoms with Crippen LogP contribution in [0.2, 0.25) is 0 Å². The van der Waals surface area contributed by atoms with Crippen LogP contribution < -0.4 is 4.90 Å². The normalized spacial score (nSPS) is 15.6. The fourth-order valence-electron chi connectivity index (χ4n) is 2.18. The molecule has 5 nitrogen and oxygen atoms in total. The highest BCUT2D eigenvalue weighted by molar-refractivity contribution is 5.81. The second-order valence-corrected chi connectivity index (χ2v) is 5.27. The standard InChI is InChI=1S/C13H18N4O/c1-8(2)17(6-10-4-5-10)12-11-13(15-7-14-12)18-9(3)16-11/h7-8,10H,4-6H2,1-3H3. The number of fused-ring (bicyclic) bond motifs is 1. The van der Waals surface area contributed by atoms with Crippen LogP contribution in [0, 0.1) is 12.8 Å². The molecule has 18 heavy (non-hydrogen) atoms. The van der Waals surface area contributed by atoms with Gasteiger partial charge in [0.25, 0.3) is 5.71 Å². The van der Waals surface area contributed by atoms with Crippen molar-refractivity contribution in [2.75, 3.05) is 11.4 Å². The Bertz CT molecular complexity index is 559. The molecule has 0 aliphatic heterocycles. The first-order valence-electron chi connectivity index (χ1n) is 6.50. The van der Waals surface area contributed by atoms with E-state index in [0.717, 1.165) is 23.8 Å². The van der Waals surface area contributed by atoms with Crippen molar-refractivity contribution in [3.05, 3.63) is 12.2 Å². The van der Waals surface area contributed by atoms with Crippen molar-refractivity contribution < 1.29 is 4.42 Å². The first kappa shape index (κ1) is 11.4. The summed E-state index contributed by atoms with van der Waals surface area (Å²) in [5.74, 6) is 2.35. The van der Waals surface area contributed by atoms with Gasteiger partial charge in [-0.15, -0.1) is 0 Å². The molecule has 1 saturated carbocycles. The van der Waals surface area contributed by atoms with E-state index in [4.69, 9.17) is 4.42 Å². The average Bonchev–Trinajstić information content (AvgIpc) is 3.05. The van der Waals surface area contributed by atoms with Gasteiger partial charge in [-0.2, -0.15) is 4.98 Å². The largest absolute Gasteiger partial charge is 0.422 e. The van der Waals surface area contributed by atoms with Gasteiger partial charge in [0, 0.05) is 19.5 Å². The predicted octanol–water partition coefficient (Wildman–Crippen LogP) is 2.55. The maximum atomic E-state index is 5.47. The number of nitrogens with zero attached hydrogens (tertiary/aromatic N) is 4. The number of rotatable bonds is 4. The third-order valence-corrected chi connectivity index (χ3v) is 3.33. The van der Waals surface area contributed by atoms with Crippen LogP contribution in [0.15, 0.2) is 10.7 Å². The minimum absolute atomic E-state index is 0.403. The summed E-state index contributed by atoms with van der Waals surface area (Å²) in [5, 5.41) is 0. The van der Waals surface area contributed by atoms with Gasteiger partial charge in [-0.05, 0) is 32.6 Å². The molecule has 0 N–H and O–H groups in total. The number of aromatic nitrogens is 3. The van der Waals surface area contributed by atoms with Crippen molar-refractivity contribution in [1.82, 2.24) is 15.0 Å². The molecule has 1 aliphatic rings. The zero-order valence-corrected chi connectivity index (χ0v) is 11.1. The van der Waals surface area contributed by atoms with Crippen LogP contribution in [0.1, 0.15) is 32.6 Å². The first-order valence-corrected chi connectivity index (χ1v) is 6.50. The van der Waals surface area contributed by atoms with E-state index in [1.807, 2.05) is 6.92 Å². The molecular weight excluding hydrogens is 228 g/mol.